The molecule has 0 atom stereocenters. The van der Waals surface area contributed by atoms with Gasteiger partial charge in [0.15, 0.2) is 0 Å². The molecule has 2 heteroatoms. The van der Waals surface area contributed by atoms with Crippen LogP contribution in [-0.4, -0.2) is 4.57 Å². The molecule has 0 amide bonds. The number of aromatic nitrogens is 1. The number of hydrogen-bond acceptors (Lipinski definition) is 1. The number of benzene rings is 8. The van der Waals surface area contributed by atoms with E-state index in [1.54, 1.807) is 0 Å². The molecule has 10 aromatic rings. The molecule has 0 radical (unpaired) electrons. The third-order valence-corrected chi connectivity index (χ3v) is 10.0. The average molecular weight is 638 g/mol. The Morgan fingerprint density at radius 3 is 1.54 bits per heavy atom. The Morgan fingerprint density at radius 1 is 0.320 bits per heavy atom. The smallest absolute Gasteiger partial charge is 0.143 e. The zero-order valence-electron chi connectivity index (χ0n) is 27.3. The molecule has 0 aliphatic heterocycles. The highest BCUT2D eigenvalue weighted by Gasteiger charge is 2.15. The first-order valence-electron chi connectivity index (χ1n) is 17.1. The fraction of sp³-hybridized carbons (Fsp3) is 0. The number of rotatable bonds is 5. The lowest BCUT2D eigenvalue weighted by molar-refractivity contribution is 0.670. The Morgan fingerprint density at radius 2 is 0.820 bits per heavy atom. The summed E-state index contributed by atoms with van der Waals surface area (Å²) in [6.07, 6.45) is 0. The Balaban J connectivity index is 1.000. The van der Waals surface area contributed by atoms with Gasteiger partial charge in [-0.3, -0.25) is 0 Å². The van der Waals surface area contributed by atoms with Crippen molar-refractivity contribution in [2.24, 2.45) is 0 Å². The summed E-state index contributed by atoms with van der Waals surface area (Å²) in [6, 6.07) is 67.3. The van der Waals surface area contributed by atoms with Crippen LogP contribution in [0.3, 0.4) is 0 Å². The molecule has 0 N–H and O–H groups in total. The van der Waals surface area contributed by atoms with Crippen LogP contribution >= 0.6 is 0 Å². The molecule has 0 saturated heterocycles. The van der Waals surface area contributed by atoms with Crippen LogP contribution in [0, 0.1) is 0 Å². The number of furan rings is 1. The Bertz CT molecular complexity index is 2780. The average Bonchev–Trinajstić information content (AvgIpc) is 3.74. The van der Waals surface area contributed by atoms with E-state index >= 15 is 0 Å². The summed E-state index contributed by atoms with van der Waals surface area (Å²) in [6.45, 7) is 0. The summed E-state index contributed by atoms with van der Waals surface area (Å²) < 4.78 is 8.94. The predicted octanol–water partition coefficient (Wildman–Crippen LogP) is 13.4. The number of fused-ring (bicyclic) bond motifs is 6. The first-order valence-corrected chi connectivity index (χ1v) is 17.1. The van der Waals surface area contributed by atoms with Crippen molar-refractivity contribution in [3.63, 3.8) is 0 Å². The van der Waals surface area contributed by atoms with Crippen molar-refractivity contribution in [1.82, 2.24) is 4.57 Å². The topological polar surface area (TPSA) is 18.1 Å². The van der Waals surface area contributed by atoms with Gasteiger partial charge in [0.1, 0.15) is 11.2 Å². The minimum atomic E-state index is 0.894. The van der Waals surface area contributed by atoms with Gasteiger partial charge in [0.25, 0.3) is 0 Å². The first kappa shape index (κ1) is 28.4. The maximum absolute atomic E-state index is 6.58. The predicted molar refractivity (Wildman–Crippen MR) is 210 cm³/mol. The SMILES string of the molecule is c1ccc(-c2ccc(-c3cccc(-c4ccc5oc6c(-c7ccc(-n8c9ccccc9c9ccccc98)cc7)cccc6c5c4)c3)cc2)cc1. The van der Waals surface area contributed by atoms with Crippen LogP contribution in [-0.2, 0) is 0 Å². The van der Waals surface area contributed by atoms with Crippen LogP contribution in [0.4, 0.5) is 0 Å². The van der Waals surface area contributed by atoms with Crippen molar-refractivity contribution in [2.75, 3.05) is 0 Å². The van der Waals surface area contributed by atoms with Gasteiger partial charge >= 0.3 is 0 Å². The summed E-state index contributed by atoms with van der Waals surface area (Å²) >= 11 is 0. The van der Waals surface area contributed by atoms with Gasteiger partial charge in [-0.15, -0.1) is 0 Å². The summed E-state index contributed by atoms with van der Waals surface area (Å²) in [4.78, 5) is 0. The van der Waals surface area contributed by atoms with Crippen molar-refractivity contribution in [2.45, 2.75) is 0 Å². The summed E-state index contributed by atoms with van der Waals surface area (Å²) in [5.41, 5.74) is 14.8. The maximum Gasteiger partial charge on any atom is 0.143 e. The van der Waals surface area contributed by atoms with Gasteiger partial charge in [-0.1, -0.05) is 146 Å². The molecular weight excluding hydrogens is 607 g/mol. The molecule has 0 unspecified atom stereocenters. The van der Waals surface area contributed by atoms with E-state index in [9.17, 15) is 0 Å². The second-order valence-electron chi connectivity index (χ2n) is 12.9. The number of nitrogens with zero attached hydrogens (tertiary/aromatic N) is 1. The number of hydrogen-bond donors (Lipinski definition) is 0. The highest BCUT2D eigenvalue weighted by Crippen LogP contribution is 2.39. The molecule has 0 spiro atoms. The van der Waals surface area contributed by atoms with E-state index in [4.69, 9.17) is 4.42 Å². The molecule has 10 rings (SSSR count). The zero-order valence-corrected chi connectivity index (χ0v) is 27.3. The molecule has 50 heavy (non-hydrogen) atoms. The Kier molecular flexibility index (Phi) is 6.53. The van der Waals surface area contributed by atoms with E-state index in [0.717, 1.165) is 38.8 Å². The zero-order chi connectivity index (χ0) is 33.0. The van der Waals surface area contributed by atoms with E-state index in [0.29, 0.717) is 0 Å². The van der Waals surface area contributed by atoms with Crippen molar-refractivity contribution in [1.29, 1.82) is 0 Å². The highest BCUT2D eigenvalue weighted by atomic mass is 16.3. The molecule has 0 fully saturated rings. The quantitative estimate of drug-likeness (QED) is 0.184. The largest absolute Gasteiger partial charge is 0.455 e. The minimum Gasteiger partial charge on any atom is -0.455 e. The normalized spacial score (nSPS) is 11.6. The van der Waals surface area contributed by atoms with Gasteiger partial charge in [-0.25, -0.2) is 0 Å². The molecule has 0 aliphatic carbocycles. The monoisotopic (exact) mass is 637 g/mol. The van der Waals surface area contributed by atoms with Crippen LogP contribution in [0.1, 0.15) is 0 Å². The second kappa shape index (κ2) is 11.5. The molecule has 8 aromatic carbocycles. The van der Waals surface area contributed by atoms with E-state index in [1.165, 1.54) is 55.2 Å². The lowest BCUT2D eigenvalue weighted by Crippen LogP contribution is -1.93. The van der Waals surface area contributed by atoms with Crippen molar-refractivity contribution in [3.8, 4) is 50.2 Å². The van der Waals surface area contributed by atoms with Crippen molar-refractivity contribution >= 4 is 43.7 Å². The minimum absolute atomic E-state index is 0.894. The van der Waals surface area contributed by atoms with Crippen LogP contribution in [0.5, 0.6) is 0 Å². The maximum atomic E-state index is 6.58. The summed E-state index contributed by atoms with van der Waals surface area (Å²) in [5, 5.41) is 4.78. The van der Waals surface area contributed by atoms with Gasteiger partial charge in [0.2, 0.25) is 0 Å². The summed E-state index contributed by atoms with van der Waals surface area (Å²) in [7, 11) is 0. The van der Waals surface area contributed by atoms with Gasteiger partial charge in [0, 0.05) is 32.8 Å². The fourth-order valence-electron chi connectivity index (χ4n) is 7.56. The lowest BCUT2D eigenvalue weighted by atomic mass is 9.96. The van der Waals surface area contributed by atoms with Gasteiger partial charge < -0.3 is 8.98 Å². The van der Waals surface area contributed by atoms with Crippen molar-refractivity contribution in [3.05, 3.63) is 188 Å². The van der Waals surface area contributed by atoms with Crippen LogP contribution in [0.25, 0.3) is 93.9 Å². The molecule has 234 valence electrons. The number of para-hydroxylation sites is 3. The molecule has 2 heterocycles. The standard InChI is InChI=1S/C48H31NO/c1-2-10-32(11-3-1)33-20-22-34(23-21-33)36-12-8-13-37(30-36)38-26-29-47-44(31-38)43-17-9-16-40(48(43)50-47)35-24-27-39(28-25-35)49-45-18-6-4-14-41(45)42-15-5-7-19-46(42)49/h1-31H. The first-order chi connectivity index (χ1) is 24.8. The van der Waals surface area contributed by atoms with Crippen LogP contribution in [0.15, 0.2) is 192 Å². The lowest BCUT2D eigenvalue weighted by Gasteiger charge is -2.09. The third kappa shape index (κ3) is 4.65. The molecular formula is C48H31NO. The van der Waals surface area contributed by atoms with E-state index in [1.807, 2.05) is 0 Å². The molecule has 0 saturated carbocycles. The Labute approximate surface area is 290 Å². The van der Waals surface area contributed by atoms with Gasteiger partial charge in [-0.2, -0.15) is 0 Å². The van der Waals surface area contributed by atoms with E-state index in [-0.39, 0.29) is 0 Å². The molecule has 2 aromatic heterocycles. The third-order valence-electron chi connectivity index (χ3n) is 10.0. The molecule has 0 aliphatic rings. The summed E-state index contributed by atoms with van der Waals surface area (Å²) in [5.74, 6) is 0. The van der Waals surface area contributed by atoms with Crippen LogP contribution in [0.2, 0.25) is 0 Å². The van der Waals surface area contributed by atoms with Crippen molar-refractivity contribution < 1.29 is 4.42 Å². The Hall–Kier alpha value is -6.64. The van der Waals surface area contributed by atoms with E-state index in [2.05, 4.69) is 193 Å². The second-order valence-corrected chi connectivity index (χ2v) is 12.9. The highest BCUT2D eigenvalue weighted by molar-refractivity contribution is 6.11. The van der Waals surface area contributed by atoms with Crippen LogP contribution < -0.4 is 0 Å². The van der Waals surface area contributed by atoms with Gasteiger partial charge in [0.05, 0.1) is 11.0 Å². The molecule has 0 bridgehead atoms. The van der Waals surface area contributed by atoms with Gasteiger partial charge in [-0.05, 0) is 81.4 Å². The fourth-order valence-corrected chi connectivity index (χ4v) is 7.56. The molecule has 2 nitrogen and oxygen atoms in total. The van der Waals surface area contributed by atoms with E-state index < -0.39 is 0 Å².